The van der Waals surface area contributed by atoms with Crippen LogP contribution in [0.4, 0.5) is 0 Å². The summed E-state index contributed by atoms with van der Waals surface area (Å²) in [6, 6.07) is 3.81. The van der Waals surface area contributed by atoms with E-state index in [0.717, 1.165) is 18.0 Å². The Balaban J connectivity index is 2.01. The Labute approximate surface area is 114 Å². The van der Waals surface area contributed by atoms with E-state index in [9.17, 15) is 4.79 Å². The molecule has 2 rings (SSSR count). The summed E-state index contributed by atoms with van der Waals surface area (Å²) >= 11 is 0. The largest absolute Gasteiger partial charge is 0.349 e. The zero-order valence-corrected chi connectivity index (χ0v) is 11.7. The predicted octanol–water partition coefficient (Wildman–Crippen LogP) is 2.09. The molecular formula is C15H23N3O. The van der Waals surface area contributed by atoms with E-state index in [1.54, 1.807) is 18.3 Å². The van der Waals surface area contributed by atoms with Gasteiger partial charge in [-0.15, -0.1) is 0 Å². The number of hydrogen-bond acceptors (Lipinski definition) is 3. The van der Waals surface area contributed by atoms with Crippen molar-refractivity contribution in [1.82, 2.24) is 10.3 Å². The van der Waals surface area contributed by atoms with Gasteiger partial charge in [-0.1, -0.05) is 20.3 Å². The first-order valence-corrected chi connectivity index (χ1v) is 7.11. The molecular weight excluding hydrogens is 238 g/mol. The standard InChI is InChI=1S/C15H23N3O/c1-3-11-4-5-14(10(11)2)18-15(19)12-6-7-17-13(8-12)9-16/h6-8,10-11,14H,3-5,9,16H2,1-2H3,(H,18,19). The van der Waals surface area contributed by atoms with Crippen LogP contribution in [0.25, 0.3) is 0 Å². The number of nitrogens with one attached hydrogen (secondary N) is 1. The Morgan fingerprint density at radius 1 is 1.53 bits per heavy atom. The van der Waals surface area contributed by atoms with E-state index in [0.29, 0.717) is 24.1 Å². The van der Waals surface area contributed by atoms with Crippen LogP contribution in [0.15, 0.2) is 18.3 Å². The smallest absolute Gasteiger partial charge is 0.251 e. The maximum Gasteiger partial charge on any atom is 0.251 e. The van der Waals surface area contributed by atoms with Gasteiger partial charge in [-0.05, 0) is 36.8 Å². The molecule has 1 aromatic rings. The van der Waals surface area contributed by atoms with Gasteiger partial charge in [0.1, 0.15) is 0 Å². The highest BCUT2D eigenvalue weighted by molar-refractivity contribution is 5.94. The van der Waals surface area contributed by atoms with Crippen LogP contribution in [0.3, 0.4) is 0 Å². The molecule has 0 radical (unpaired) electrons. The lowest BCUT2D eigenvalue weighted by Gasteiger charge is -2.21. The van der Waals surface area contributed by atoms with E-state index in [1.165, 1.54) is 12.8 Å². The number of nitrogens with zero attached hydrogens (tertiary/aromatic N) is 1. The molecule has 3 unspecified atom stereocenters. The van der Waals surface area contributed by atoms with Crippen molar-refractivity contribution in [2.24, 2.45) is 17.6 Å². The van der Waals surface area contributed by atoms with Gasteiger partial charge in [0.15, 0.2) is 0 Å². The second-order valence-corrected chi connectivity index (χ2v) is 5.42. The quantitative estimate of drug-likeness (QED) is 0.872. The molecule has 3 N–H and O–H groups in total. The van der Waals surface area contributed by atoms with Crippen LogP contribution in [0.1, 0.15) is 49.2 Å². The minimum absolute atomic E-state index is 0.00861. The van der Waals surface area contributed by atoms with Crippen LogP contribution >= 0.6 is 0 Å². The number of carbonyl (C=O) groups is 1. The molecule has 4 heteroatoms. The monoisotopic (exact) mass is 261 g/mol. The van der Waals surface area contributed by atoms with Crippen molar-refractivity contribution in [2.45, 2.75) is 45.7 Å². The molecule has 104 valence electrons. The lowest BCUT2D eigenvalue weighted by atomic mass is 9.93. The SMILES string of the molecule is CCC1CCC(NC(=O)c2ccnc(CN)c2)C1C. The van der Waals surface area contributed by atoms with Crippen LogP contribution in [0, 0.1) is 11.8 Å². The van der Waals surface area contributed by atoms with Gasteiger partial charge in [-0.3, -0.25) is 9.78 Å². The molecule has 1 aromatic heterocycles. The van der Waals surface area contributed by atoms with Gasteiger partial charge >= 0.3 is 0 Å². The Bertz CT molecular complexity index is 447. The van der Waals surface area contributed by atoms with Crippen molar-refractivity contribution < 1.29 is 4.79 Å². The third-order valence-electron chi connectivity index (χ3n) is 4.36. The summed E-state index contributed by atoms with van der Waals surface area (Å²) in [6.07, 6.45) is 5.14. The van der Waals surface area contributed by atoms with Crippen LogP contribution in [0.5, 0.6) is 0 Å². The van der Waals surface area contributed by atoms with Gasteiger partial charge in [0, 0.05) is 24.3 Å². The molecule has 0 bridgehead atoms. The van der Waals surface area contributed by atoms with E-state index >= 15 is 0 Å². The average molecular weight is 261 g/mol. The van der Waals surface area contributed by atoms with Crippen molar-refractivity contribution in [2.75, 3.05) is 0 Å². The highest BCUT2D eigenvalue weighted by Crippen LogP contribution is 2.33. The number of pyridine rings is 1. The number of aromatic nitrogens is 1. The molecule has 1 aliphatic rings. The third-order valence-corrected chi connectivity index (χ3v) is 4.36. The number of rotatable bonds is 4. The van der Waals surface area contributed by atoms with Crippen molar-refractivity contribution in [3.05, 3.63) is 29.6 Å². The first kappa shape index (κ1) is 14.0. The van der Waals surface area contributed by atoms with Crippen LogP contribution in [-0.2, 0) is 6.54 Å². The maximum absolute atomic E-state index is 12.2. The average Bonchev–Trinajstić information content (AvgIpc) is 2.79. The van der Waals surface area contributed by atoms with Gasteiger partial charge in [-0.2, -0.15) is 0 Å². The fraction of sp³-hybridized carbons (Fsp3) is 0.600. The molecule has 3 atom stereocenters. The normalized spacial score (nSPS) is 26.4. The van der Waals surface area contributed by atoms with Crippen LogP contribution < -0.4 is 11.1 Å². The number of nitrogens with two attached hydrogens (primary N) is 1. The van der Waals surface area contributed by atoms with E-state index in [2.05, 4.69) is 24.1 Å². The molecule has 4 nitrogen and oxygen atoms in total. The van der Waals surface area contributed by atoms with Crippen LogP contribution in [-0.4, -0.2) is 16.9 Å². The number of carbonyl (C=O) groups excluding carboxylic acids is 1. The summed E-state index contributed by atoms with van der Waals surface area (Å²) < 4.78 is 0. The van der Waals surface area contributed by atoms with Crippen LogP contribution in [0.2, 0.25) is 0 Å². The van der Waals surface area contributed by atoms with Crippen molar-refractivity contribution in [3.8, 4) is 0 Å². The Kier molecular flexibility index (Phi) is 4.53. The van der Waals surface area contributed by atoms with E-state index in [4.69, 9.17) is 5.73 Å². The molecule has 1 amide bonds. The summed E-state index contributed by atoms with van der Waals surface area (Å²) in [5.41, 5.74) is 6.95. The van der Waals surface area contributed by atoms with Crippen molar-refractivity contribution >= 4 is 5.91 Å². The second-order valence-electron chi connectivity index (χ2n) is 5.42. The minimum Gasteiger partial charge on any atom is -0.349 e. The summed E-state index contributed by atoms with van der Waals surface area (Å²) in [5, 5.41) is 3.15. The maximum atomic E-state index is 12.2. The molecule has 0 spiro atoms. The summed E-state index contributed by atoms with van der Waals surface area (Å²) in [6.45, 7) is 4.82. The van der Waals surface area contributed by atoms with Gasteiger partial charge < -0.3 is 11.1 Å². The molecule has 0 aliphatic heterocycles. The highest BCUT2D eigenvalue weighted by Gasteiger charge is 2.32. The third kappa shape index (κ3) is 3.13. The molecule has 1 heterocycles. The topological polar surface area (TPSA) is 68.0 Å². The molecule has 19 heavy (non-hydrogen) atoms. The molecule has 0 aromatic carbocycles. The molecule has 0 saturated heterocycles. The Morgan fingerprint density at radius 3 is 2.95 bits per heavy atom. The van der Waals surface area contributed by atoms with Crippen molar-refractivity contribution in [1.29, 1.82) is 0 Å². The first-order chi connectivity index (χ1) is 9.15. The van der Waals surface area contributed by atoms with Gasteiger partial charge in [0.05, 0.1) is 5.69 Å². The van der Waals surface area contributed by atoms with Gasteiger partial charge in [0.25, 0.3) is 5.91 Å². The zero-order chi connectivity index (χ0) is 13.8. The number of hydrogen-bond donors (Lipinski definition) is 2. The molecule has 1 fully saturated rings. The van der Waals surface area contributed by atoms with Crippen molar-refractivity contribution in [3.63, 3.8) is 0 Å². The number of amides is 1. The fourth-order valence-electron chi connectivity index (χ4n) is 3.01. The lowest BCUT2D eigenvalue weighted by Crippen LogP contribution is -2.37. The lowest BCUT2D eigenvalue weighted by molar-refractivity contribution is 0.0926. The zero-order valence-electron chi connectivity index (χ0n) is 11.7. The van der Waals surface area contributed by atoms with Gasteiger partial charge in [0.2, 0.25) is 0 Å². The summed E-state index contributed by atoms with van der Waals surface area (Å²) in [5.74, 6) is 1.29. The molecule has 1 aliphatic carbocycles. The summed E-state index contributed by atoms with van der Waals surface area (Å²) in [4.78, 5) is 16.3. The first-order valence-electron chi connectivity index (χ1n) is 7.11. The summed E-state index contributed by atoms with van der Waals surface area (Å²) in [7, 11) is 0. The second kappa shape index (κ2) is 6.15. The highest BCUT2D eigenvalue weighted by atomic mass is 16.1. The molecule has 1 saturated carbocycles. The fourth-order valence-corrected chi connectivity index (χ4v) is 3.01. The van der Waals surface area contributed by atoms with E-state index in [1.807, 2.05) is 0 Å². The minimum atomic E-state index is -0.00861. The van der Waals surface area contributed by atoms with E-state index < -0.39 is 0 Å². The predicted molar refractivity (Wildman–Crippen MR) is 75.6 cm³/mol. The Hall–Kier alpha value is -1.42. The van der Waals surface area contributed by atoms with E-state index in [-0.39, 0.29) is 5.91 Å². The Morgan fingerprint density at radius 2 is 2.32 bits per heavy atom. The van der Waals surface area contributed by atoms with Gasteiger partial charge in [-0.25, -0.2) is 0 Å².